The molecule has 0 bridgehead atoms. The van der Waals surface area contributed by atoms with Gasteiger partial charge in [-0.3, -0.25) is 4.98 Å². The molecule has 0 aliphatic heterocycles. The van der Waals surface area contributed by atoms with E-state index < -0.39 is 18.0 Å². The smallest absolute Gasteiger partial charge is 0.408 e. The van der Waals surface area contributed by atoms with Crippen molar-refractivity contribution in [1.82, 2.24) is 9.97 Å². The monoisotopic (exact) mass is 373 g/mol. The van der Waals surface area contributed by atoms with Crippen molar-refractivity contribution in [3.05, 3.63) is 66.0 Å². The first-order chi connectivity index (χ1) is 12.8. The number of halogens is 3. The number of alkyl halides is 3. The number of carbonyl (C=O) groups is 1. The maximum Gasteiger partial charge on any atom is 0.433 e. The number of carbonyl (C=O) groups excluding carboxylic acids is 1. The number of hydrogen-bond donors (Lipinski definition) is 1. The molecule has 1 aromatic carbocycles. The van der Waals surface area contributed by atoms with Gasteiger partial charge in [0.1, 0.15) is 11.4 Å². The van der Waals surface area contributed by atoms with Crippen LogP contribution in [0.5, 0.6) is 5.75 Å². The van der Waals surface area contributed by atoms with Crippen molar-refractivity contribution in [3.8, 4) is 28.3 Å². The molecule has 3 aromatic rings. The van der Waals surface area contributed by atoms with Crippen molar-refractivity contribution < 1.29 is 22.7 Å². The molecule has 3 rings (SSSR count). The fraction of sp³-hybridized carbons (Fsp3) is 0.105. The number of nitrogens with two attached hydrogens (primary N) is 1. The Kier molecular flexibility index (Phi) is 4.81. The molecular formula is C19H14F3N3O2. The number of hydrogen-bond acceptors (Lipinski definition) is 4. The first kappa shape index (κ1) is 18.4. The molecule has 0 atom stereocenters. The Balaban J connectivity index is 2.19. The van der Waals surface area contributed by atoms with Crippen molar-refractivity contribution in [1.29, 1.82) is 0 Å². The van der Waals surface area contributed by atoms with E-state index in [0.29, 0.717) is 22.5 Å². The summed E-state index contributed by atoms with van der Waals surface area (Å²) in [5.41, 5.74) is 6.10. The zero-order valence-electron chi connectivity index (χ0n) is 14.1. The van der Waals surface area contributed by atoms with E-state index in [4.69, 9.17) is 10.5 Å². The lowest BCUT2D eigenvalue weighted by atomic mass is 10.0. The number of ether oxygens (including phenoxy) is 1. The number of nitrogens with zero attached hydrogens (tertiary/aromatic N) is 2. The molecule has 0 radical (unpaired) electrons. The summed E-state index contributed by atoms with van der Waals surface area (Å²) < 4.78 is 44.0. The number of amides is 1. The van der Waals surface area contributed by atoms with Gasteiger partial charge in [0.15, 0.2) is 5.75 Å². The Morgan fingerprint density at radius 1 is 1.04 bits per heavy atom. The van der Waals surface area contributed by atoms with E-state index in [1.165, 1.54) is 12.1 Å². The zero-order valence-corrected chi connectivity index (χ0v) is 14.1. The van der Waals surface area contributed by atoms with E-state index in [-0.39, 0.29) is 11.3 Å². The average molecular weight is 373 g/mol. The van der Waals surface area contributed by atoms with E-state index in [0.717, 1.165) is 12.3 Å². The van der Waals surface area contributed by atoms with E-state index >= 15 is 0 Å². The summed E-state index contributed by atoms with van der Waals surface area (Å²) >= 11 is 0. The van der Waals surface area contributed by atoms with E-state index in [2.05, 4.69) is 9.97 Å². The van der Waals surface area contributed by atoms with Gasteiger partial charge in [0.2, 0.25) is 0 Å². The van der Waals surface area contributed by atoms with Gasteiger partial charge in [-0.1, -0.05) is 30.3 Å². The van der Waals surface area contributed by atoms with Crippen LogP contribution in [0.3, 0.4) is 0 Å². The molecule has 0 saturated heterocycles. The third-order valence-electron chi connectivity index (χ3n) is 3.76. The summed E-state index contributed by atoms with van der Waals surface area (Å²) in [7, 11) is 0. The highest BCUT2D eigenvalue weighted by molar-refractivity contribution is 5.77. The fourth-order valence-corrected chi connectivity index (χ4v) is 2.60. The topological polar surface area (TPSA) is 78.1 Å². The third kappa shape index (κ3) is 4.05. The van der Waals surface area contributed by atoms with Gasteiger partial charge in [-0.05, 0) is 30.7 Å². The number of benzene rings is 1. The van der Waals surface area contributed by atoms with Gasteiger partial charge in [-0.2, -0.15) is 13.2 Å². The number of pyridine rings is 2. The standard InChI is InChI=1S/C19H14F3N3O2/c1-11-9-14(27-18(23)26)17(12-5-3-2-4-6-12)25-16(11)13-7-8-24-15(10-13)19(20,21)22/h2-10H,1H3,(H2,23,26). The predicted octanol–water partition coefficient (Wildman–Crippen LogP) is 4.60. The van der Waals surface area contributed by atoms with E-state index in [1.807, 2.05) is 0 Å². The van der Waals surface area contributed by atoms with Gasteiger partial charge in [0.05, 0.1) is 5.69 Å². The van der Waals surface area contributed by atoms with Gasteiger partial charge in [-0.15, -0.1) is 0 Å². The van der Waals surface area contributed by atoms with Gasteiger partial charge in [0.25, 0.3) is 0 Å². The molecule has 0 fully saturated rings. The van der Waals surface area contributed by atoms with Crippen molar-refractivity contribution in [2.45, 2.75) is 13.1 Å². The van der Waals surface area contributed by atoms with Crippen LogP contribution in [0.15, 0.2) is 54.7 Å². The summed E-state index contributed by atoms with van der Waals surface area (Å²) in [5.74, 6) is 0.125. The van der Waals surface area contributed by atoms with Crippen LogP contribution in [0.1, 0.15) is 11.3 Å². The van der Waals surface area contributed by atoms with E-state index in [1.54, 1.807) is 37.3 Å². The summed E-state index contributed by atoms with van der Waals surface area (Å²) in [5, 5.41) is 0. The van der Waals surface area contributed by atoms with E-state index in [9.17, 15) is 18.0 Å². The van der Waals surface area contributed by atoms with Gasteiger partial charge >= 0.3 is 12.3 Å². The normalized spacial score (nSPS) is 11.3. The SMILES string of the molecule is Cc1cc(OC(N)=O)c(-c2ccccc2)nc1-c1ccnc(C(F)(F)F)c1. The van der Waals surface area contributed by atoms with Gasteiger partial charge in [0, 0.05) is 17.3 Å². The molecular weight excluding hydrogens is 359 g/mol. The summed E-state index contributed by atoms with van der Waals surface area (Å²) in [6, 6.07) is 12.7. The van der Waals surface area contributed by atoms with Crippen molar-refractivity contribution >= 4 is 6.09 Å². The molecule has 0 saturated carbocycles. The molecule has 0 aliphatic carbocycles. The fourth-order valence-electron chi connectivity index (χ4n) is 2.60. The highest BCUT2D eigenvalue weighted by Gasteiger charge is 2.32. The summed E-state index contributed by atoms with van der Waals surface area (Å²) in [6.45, 7) is 1.65. The van der Waals surface area contributed by atoms with Crippen LogP contribution in [0.2, 0.25) is 0 Å². The third-order valence-corrected chi connectivity index (χ3v) is 3.76. The lowest BCUT2D eigenvalue weighted by Gasteiger charge is -2.14. The molecule has 8 heteroatoms. The minimum Gasteiger partial charge on any atom is -0.408 e. The summed E-state index contributed by atoms with van der Waals surface area (Å²) in [6.07, 6.45) is -4.50. The molecule has 2 heterocycles. The molecule has 2 N–H and O–H groups in total. The van der Waals surface area contributed by atoms with Gasteiger partial charge < -0.3 is 10.5 Å². The van der Waals surface area contributed by atoms with Crippen LogP contribution in [0, 0.1) is 6.92 Å². The number of rotatable bonds is 3. The number of aromatic nitrogens is 2. The average Bonchev–Trinajstić information content (AvgIpc) is 2.61. The largest absolute Gasteiger partial charge is 0.433 e. The lowest BCUT2D eigenvalue weighted by molar-refractivity contribution is -0.141. The quantitative estimate of drug-likeness (QED) is 0.728. The second kappa shape index (κ2) is 7.06. The van der Waals surface area contributed by atoms with Crippen LogP contribution in [-0.2, 0) is 6.18 Å². The van der Waals surface area contributed by atoms with Crippen molar-refractivity contribution in [2.75, 3.05) is 0 Å². The number of primary amides is 1. The number of aryl methyl sites for hydroxylation is 1. The summed E-state index contributed by atoms with van der Waals surface area (Å²) in [4.78, 5) is 19.0. The predicted molar refractivity (Wildman–Crippen MR) is 92.9 cm³/mol. The van der Waals surface area contributed by atoms with Crippen LogP contribution < -0.4 is 10.5 Å². The molecule has 0 aliphatic rings. The van der Waals surface area contributed by atoms with Crippen LogP contribution >= 0.6 is 0 Å². The molecule has 0 unspecified atom stereocenters. The molecule has 0 spiro atoms. The second-order valence-electron chi connectivity index (χ2n) is 5.72. The minimum atomic E-state index is -4.57. The Morgan fingerprint density at radius 2 is 1.74 bits per heavy atom. The molecule has 5 nitrogen and oxygen atoms in total. The Bertz CT molecular complexity index is 989. The molecule has 138 valence electrons. The molecule has 2 aromatic heterocycles. The van der Waals surface area contributed by atoms with Gasteiger partial charge in [-0.25, -0.2) is 9.78 Å². The van der Waals surface area contributed by atoms with Crippen LogP contribution in [0.25, 0.3) is 22.5 Å². The van der Waals surface area contributed by atoms with Crippen molar-refractivity contribution in [2.24, 2.45) is 5.73 Å². The lowest BCUT2D eigenvalue weighted by Crippen LogP contribution is -2.17. The molecule has 27 heavy (non-hydrogen) atoms. The van der Waals surface area contributed by atoms with Crippen molar-refractivity contribution in [3.63, 3.8) is 0 Å². The first-order valence-electron chi connectivity index (χ1n) is 7.83. The Hall–Kier alpha value is -3.42. The highest BCUT2D eigenvalue weighted by atomic mass is 19.4. The second-order valence-corrected chi connectivity index (χ2v) is 5.72. The first-order valence-corrected chi connectivity index (χ1v) is 7.83. The maximum atomic E-state index is 13.0. The highest BCUT2D eigenvalue weighted by Crippen LogP contribution is 2.35. The maximum absolute atomic E-state index is 13.0. The zero-order chi connectivity index (χ0) is 19.6. The minimum absolute atomic E-state index is 0.125. The molecule has 1 amide bonds. The Morgan fingerprint density at radius 3 is 2.37 bits per heavy atom. The van der Waals surface area contributed by atoms with Crippen LogP contribution in [-0.4, -0.2) is 16.1 Å². The van der Waals surface area contributed by atoms with Crippen LogP contribution in [0.4, 0.5) is 18.0 Å². The Labute approximate surface area is 152 Å².